The molecule has 0 saturated carbocycles. The van der Waals surface area contributed by atoms with Gasteiger partial charge in [0.2, 0.25) is 0 Å². The van der Waals surface area contributed by atoms with Gasteiger partial charge < -0.3 is 4.74 Å². The van der Waals surface area contributed by atoms with Gasteiger partial charge in [-0.15, -0.1) is 11.8 Å². The molecule has 0 radical (unpaired) electrons. The quantitative estimate of drug-likeness (QED) is 0.613. The third-order valence-electron chi connectivity index (χ3n) is 2.57. The van der Waals surface area contributed by atoms with Crippen LogP contribution in [0, 0.1) is 5.82 Å². The topological polar surface area (TPSA) is 26.3 Å². The molecule has 0 aliphatic rings. The maximum Gasteiger partial charge on any atom is 0.200 e. The average Bonchev–Trinajstić information content (AvgIpc) is 2.45. The second kappa shape index (κ2) is 6.38. The third kappa shape index (κ3) is 3.58. The number of ketones is 1. The molecule has 98 valence electrons. The second-order valence-corrected chi connectivity index (χ2v) is 4.72. The molecule has 2 aromatic carbocycles. The first kappa shape index (κ1) is 13.6. The van der Waals surface area contributed by atoms with Crippen LogP contribution in [0.1, 0.15) is 10.4 Å². The van der Waals surface area contributed by atoms with Crippen molar-refractivity contribution in [1.82, 2.24) is 0 Å². The number of halogens is 1. The van der Waals surface area contributed by atoms with Crippen molar-refractivity contribution in [2.24, 2.45) is 0 Å². The lowest BCUT2D eigenvalue weighted by Crippen LogP contribution is -2.12. The smallest absolute Gasteiger partial charge is 0.200 e. The molecule has 0 aromatic heterocycles. The van der Waals surface area contributed by atoms with E-state index in [9.17, 15) is 9.18 Å². The summed E-state index contributed by atoms with van der Waals surface area (Å²) in [5.41, 5.74) is 0.321. The molecule has 0 aliphatic heterocycles. The van der Waals surface area contributed by atoms with Gasteiger partial charge in [0.15, 0.2) is 12.4 Å². The number of hydrogen-bond donors (Lipinski definition) is 0. The molecule has 2 nitrogen and oxygen atoms in total. The van der Waals surface area contributed by atoms with Gasteiger partial charge in [0, 0.05) is 10.5 Å². The van der Waals surface area contributed by atoms with Crippen molar-refractivity contribution in [2.75, 3.05) is 12.9 Å². The summed E-state index contributed by atoms with van der Waals surface area (Å²) in [6, 6.07) is 13.1. The van der Waals surface area contributed by atoms with Gasteiger partial charge in [-0.2, -0.15) is 0 Å². The summed E-state index contributed by atoms with van der Waals surface area (Å²) in [5.74, 6) is 0.00511. The predicted octanol–water partition coefficient (Wildman–Crippen LogP) is 3.81. The molecule has 4 heteroatoms. The molecular formula is C15H13FO2S. The number of benzene rings is 2. The van der Waals surface area contributed by atoms with Crippen LogP contribution in [0.5, 0.6) is 5.75 Å². The zero-order valence-corrected chi connectivity index (χ0v) is 11.2. The average molecular weight is 276 g/mol. The summed E-state index contributed by atoms with van der Waals surface area (Å²) in [6.07, 6.45) is 1.94. The largest absolute Gasteiger partial charge is 0.484 e. The lowest BCUT2D eigenvalue weighted by Gasteiger charge is -2.09. The van der Waals surface area contributed by atoms with Gasteiger partial charge in [-0.3, -0.25) is 4.79 Å². The van der Waals surface area contributed by atoms with E-state index in [1.165, 1.54) is 18.2 Å². The summed E-state index contributed by atoms with van der Waals surface area (Å²) in [5, 5.41) is 0. The minimum absolute atomic E-state index is 0.0962. The molecule has 0 bridgehead atoms. The Labute approximate surface area is 115 Å². The van der Waals surface area contributed by atoms with Crippen molar-refractivity contribution >= 4 is 17.5 Å². The zero-order chi connectivity index (χ0) is 13.7. The van der Waals surface area contributed by atoms with Crippen molar-refractivity contribution < 1.29 is 13.9 Å². The van der Waals surface area contributed by atoms with Crippen LogP contribution in [0.3, 0.4) is 0 Å². The Kier molecular flexibility index (Phi) is 4.58. The van der Waals surface area contributed by atoms with E-state index in [0.29, 0.717) is 11.3 Å². The van der Waals surface area contributed by atoms with E-state index in [0.717, 1.165) is 4.90 Å². The molecule has 0 N–H and O–H groups in total. The molecule has 0 saturated heterocycles. The Hall–Kier alpha value is -1.81. The molecule has 2 rings (SSSR count). The Morgan fingerprint density at radius 1 is 1.21 bits per heavy atom. The maximum absolute atomic E-state index is 13.0. The fraction of sp³-hybridized carbons (Fsp3) is 0.133. The van der Waals surface area contributed by atoms with Crippen LogP contribution in [0.15, 0.2) is 53.4 Å². The van der Waals surface area contributed by atoms with Gasteiger partial charge in [-0.05, 0) is 30.5 Å². The minimum Gasteiger partial charge on any atom is -0.484 e. The van der Waals surface area contributed by atoms with Crippen LogP contribution in [-0.4, -0.2) is 18.6 Å². The molecule has 0 unspecified atom stereocenters. The fourth-order valence-electron chi connectivity index (χ4n) is 1.63. The first-order chi connectivity index (χ1) is 9.20. The van der Waals surface area contributed by atoms with Crippen LogP contribution in [-0.2, 0) is 0 Å². The summed E-state index contributed by atoms with van der Waals surface area (Å²) < 4.78 is 18.5. The number of ether oxygens (including phenoxy) is 1. The lowest BCUT2D eigenvalue weighted by molar-refractivity contribution is 0.0919. The SMILES string of the molecule is CSc1ccccc1OCC(=O)c1cccc(F)c1. The van der Waals surface area contributed by atoms with Crippen molar-refractivity contribution in [2.45, 2.75) is 4.90 Å². The Morgan fingerprint density at radius 2 is 2.00 bits per heavy atom. The van der Waals surface area contributed by atoms with Crippen LogP contribution >= 0.6 is 11.8 Å². The predicted molar refractivity (Wildman–Crippen MR) is 74.4 cm³/mol. The van der Waals surface area contributed by atoms with E-state index in [1.54, 1.807) is 17.8 Å². The number of Topliss-reactive ketones (excluding diaryl/α,β-unsaturated/α-hetero) is 1. The van der Waals surface area contributed by atoms with Gasteiger partial charge in [0.05, 0.1) is 0 Å². The number of carbonyl (C=O) groups excluding carboxylic acids is 1. The maximum atomic E-state index is 13.0. The third-order valence-corrected chi connectivity index (χ3v) is 3.35. The van der Waals surface area contributed by atoms with Crippen molar-refractivity contribution in [3.8, 4) is 5.75 Å². The minimum atomic E-state index is -0.421. The van der Waals surface area contributed by atoms with Gasteiger partial charge in [0.1, 0.15) is 11.6 Å². The normalized spacial score (nSPS) is 10.2. The van der Waals surface area contributed by atoms with Gasteiger partial charge in [-0.1, -0.05) is 24.3 Å². The lowest BCUT2D eigenvalue weighted by atomic mass is 10.1. The summed E-state index contributed by atoms with van der Waals surface area (Å²) in [4.78, 5) is 12.8. The summed E-state index contributed by atoms with van der Waals surface area (Å²) in [6.45, 7) is -0.0962. The van der Waals surface area contributed by atoms with E-state index in [-0.39, 0.29) is 12.4 Å². The number of carbonyl (C=O) groups is 1. The second-order valence-electron chi connectivity index (χ2n) is 3.87. The van der Waals surface area contributed by atoms with Gasteiger partial charge in [-0.25, -0.2) is 4.39 Å². The van der Waals surface area contributed by atoms with E-state index < -0.39 is 5.82 Å². The summed E-state index contributed by atoms with van der Waals surface area (Å²) >= 11 is 1.55. The molecule has 0 atom stereocenters. The van der Waals surface area contributed by atoms with E-state index in [1.807, 2.05) is 30.5 Å². The van der Waals surface area contributed by atoms with Crippen molar-refractivity contribution in [3.05, 3.63) is 59.9 Å². The van der Waals surface area contributed by atoms with Crippen molar-refractivity contribution in [1.29, 1.82) is 0 Å². The molecule has 0 fully saturated rings. The van der Waals surface area contributed by atoms with E-state index >= 15 is 0 Å². The monoisotopic (exact) mass is 276 g/mol. The molecular weight excluding hydrogens is 263 g/mol. The van der Waals surface area contributed by atoms with Crippen LogP contribution in [0.2, 0.25) is 0 Å². The summed E-state index contributed by atoms with van der Waals surface area (Å²) in [7, 11) is 0. The first-order valence-corrected chi connectivity index (χ1v) is 6.98. The Balaban J connectivity index is 2.04. The number of para-hydroxylation sites is 1. The highest BCUT2D eigenvalue weighted by atomic mass is 32.2. The highest BCUT2D eigenvalue weighted by Crippen LogP contribution is 2.26. The highest BCUT2D eigenvalue weighted by molar-refractivity contribution is 7.98. The molecule has 0 spiro atoms. The molecule has 0 aliphatic carbocycles. The van der Waals surface area contributed by atoms with Crippen LogP contribution < -0.4 is 4.74 Å². The number of hydrogen-bond acceptors (Lipinski definition) is 3. The number of rotatable bonds is 5. The fourth-order valence-corrected chi connectivity index (χ4v) is 2.17. The van der Waals surface area contributed by atoms with Crippen molar-refractivity contribution in [3.63, 3.8) is 0 Å². The molecule has 0 amide bonds. The number of thioether (sulfide) groups is 1. The van der Waals surface area contributed by atoms with E-state index in [4.69, 9.17) is 4.74 Å². The standard InChI is InChI=1S/C15H13FO2S/c1-19-15-8-3-2-7-14(15)18-10-13(17)11-5-4-6-12(16)9-11/h2-9H,10H2,1H3. The first-order valence-electron chi connectivity index (χ1n) is 5.75. The van der Waals surface area contributed by atoms with Crippen LogP contribution in [0.4, 0.5) is 4.39 Å². The van der Waals surface area contributed by atoms with Crippen LogP contribution in [0.25, 0.3) is 0 Å². The van der Waals surface area contributed by atoms with Gasteiger partial charge >= 0.3 is 0 Å². The zero-order valence-electron chi connectivity index (χ0n) is 10.4. The van der Waals surface area contributed by atoms with E-state index in [2.05, 4.69) is 0 Å². The Bertz CT molecular complexity index is 584. The van der Waals surface area contributed by atoms with Gasteiger partial charge in [0.25, 0.3) is 0 Å². The molecule has 0 heterocycles. The molecule has 2 aromatic rings. The Morgan fingerprint density at radius 3 is 2.74 bits per heavy atom. The molecule has 19 heavy (non-hydrogen) atoms. The highest BCUT2D eigenvalue weighted by Gasteiger charge is 2.09.